The molecule has 2 aromatic rings. The van der Waals surface area contributed by atoms with Gasteiger partial charge < -0.3 is 10.6 Å². The zero-order valence-electron chi connectivity index (χ0n) is 15.2. The lowest BCUT2D eigenvalue weighted by atomic mass is 10.2. The molecule has 3 rings (SSSR count). The molecule has 8 heteroatoms. The van der Waals surface area contributed by atoms with Crippen LogP contribution in [-0.2, 0) is 10.0 Å². The molecule has 1 heterocycles. The van der Waals surface area contributed by atoms with Crippen molar-refractivity contribution in [3.63, 3.8) is 0 Å². The van der Waals surface area contributed by atoms with Crippen LogP contribution in [0.25, 0.3) is 0 Å². The van der Waals surface area contributed by atoms with Gasteiger partial charge in [0.05, 0.1) is 10.6 Å². The minimum atomic E-state index is -3.74. The van der Waals surface area contributed by atoms with Crippen molar-refractivity contribution in [2.45, 2.75) is 37.6 Å². The summed E-state index contributed by atoms with van der Waals surface area (Å²) < 4.78 is 41.1. The van der Waals surface area contributed by atoms with E-state index >= 15 is 0 Å². The van der Waals surface area contributed by atoms with Crippen molar-refractivity contribution in [2.75, 3.05) is 17.2 Å². The molecule has 0 aliphatic carbocycles. The van der Waals surface area contributed by atoms with Crippen LogP contribution in [-0.4, -0.2) is 31.3 Å². The molecule has 0 bridgehead atoms. The number of benzene rings is 2. The minimum Gasteiger partial charge on any atom is -0.308 e. The summed E-state index contributed by atoms with van der Waals surface area (Å²) in [5, 5.41) is 4.99. The predicted molar refractivity (Wildman–Crippen MR) is 103 cm³/mol. The smallest absolute Gasteiger partial charge is 0.308 e. The van der Waals surface area contributed by atoms with Crippen molar-refractivity contribution in [2.24, 2.45) is 0 Å². The van der Waals surface area contributed by atoms with Gasteiger partial charge in [0.15, 0.2) is 0 Å². The molecule has 1 atom stereocenters. The number of hydrogen-bond donors (Lipinski definition) is 2. The van der Waals surface area contributed by atoms with E-state index in [0.29, 0.717) is 12.2 Å². The molecular formula is C19H22FN3O3S. The minimum absolute atomic E-state index is 0.0898. The fourth-order valence-electron chi connectivity index (χ4n) is 3.08. The van der Waals surface area contributed by atoms with Crippen LogP contribution >= 0.6 is 0 Å². The number of carbonyl (C=O) groups excluding carboxylic acids is 1. The lowest BCUT2D eigenvalue weighted by Crippen LogP contribution is -2.33. The maximum atomic E-state index is 14.4. The Hall–Kier alpha value is -2.45. The number of carbonyl (C=O) groups is 1. The highest BCUT2D eigenvalue weighted by atomic mass is 32.2. The third kappa shape index (κ3) is 4.28. The van der Waals surface area contributed by atoms with Crippen LogP contribution in [0.2, 0.25) is 0 Å². The van der Waals surface area contributed by atoms with Gasteiger partial charge in [-0.1, -0.05) is 17.7 Å². The average molecular weight is 391 g/mol. The number of amides is 2. The predicted octanol–water partition coefficient (Wildman–Crippen LogP) is 3.95. The second-order valence-electron chi connectivity index (χ2n) is 6.69. The van der Waals surface area contributed by atoms with Gasteiger partial charge in [0.25, 0.3) is 0 Å². The number of urea groups is 1. The maximum Gasteiger partial charge on any atom is 0.323 e. The van der Waals surface area contributed by atoms with Crippen LogP contribution in [0, 0.1) is 12.7 Å². The molecule has 144 valence electrons. The zero-order valence-corrected chi connectivity index (χ0v) is 16.0. The SMILES string of the molecule is Cc1ccc(NC(=O)Nc2ccc(S(=O)(=O)N3CCC[C@H]3C)cc2F)cc1. The van der Waals surface area contributed by atoms with Gasteiger partial charge in [-0.3, -0.25) is 0 Å². The van der Waals surface area contributed by atoms with Crippen molar-refractivity contribution >= 4 is 27.4 Å². The first kappa shape index (κ1) is 19.3. The van der Waals surface area contributed by atoms with Crippen molar-refractivity contribution < 1.29 is 17.6 Å². The summed E-state index contributed by atoms with van der Waals surface area (Å²) in [4.78, 5) is 11.9. The van der Waals surface area contributed by atoms with E-state index in [2.05, 4.69) is 10.6 Å². The van der Waals surface area contributed by atoms with Crippen molar-refractivity contribution in [1.29, 1.82) is 0 Å². The summed E-state index contributed by atoms with van der Waals surface area (Å²) >= 11 is 0. The van der Waals surface area contributed by atoms with E-state index in [9.17, 15) is 17.6 Å². The van der Waals surface area contributed by atoms with Gasteiger partial charge in [-0.2, -0.15) is 4.31 Å². The van der Waals surface area contributed by atoms with Gasteiger partial charge in [0.2, 0.25) is 10.0 Å². The molecule has 2 amide bonds. The summed E-state index contributed by atoms with van der Waals surface area (Å²) in [6, 6.07) is 9.96. The van der Waals surface area contributed by atoms with Crippen LogP contribution in [0.3, 0.4) is 0 Å². The quantitative estimate of drug-likeness (QED) is 0.828. The van der Waals surface area contributed by atoms with Crippen LogP contribution < -0.4 is 10.6 Å². The second kappa shape index (κ2) is 7.66. The summed E-state index contributed by atoms with van der Waals surface area (Å²) in [6.45, 7) is 4.20. The molecular weight excluding hydrogens is 369 g/mol. The Labute approximate surface area is 158 Å². The first-order valence-corrected chi connectivity index (χ1v) is 10.2. The molecule has 2 aromatic carbocycles. The summed E-state index contributed by atoms with van der Waals surface area (Å²) in [5.41, 5.74) is 1.53. The Morgan fingerprint density at radius 2 is 1.85 bits per heavy atom. The third-order valence-corrected chi connectivity index (χ3v) is 6.61. The molecule has 1 fully saturated rings. The van der Waals surface area contributed by atoms with E-state index in [4.69, 9.17) is 0 Å². The largest absolute Gasteiger partial charge is 0.323 e. The Bertz CT molecular complexity index is 945. The van der Waals surface area contributed by atoms with E-state index in [1.165, 1.54) is 16.4 Å². The van der Waals surface area contributed by atoms with E-state index in [0.717, 1.165) is 24.5 Å². The van der Waals surface area contributed by atoms with E-state index in [1.807, 2.05) is 26.0 Å². The molecule has 0 saturated carbocycles. The molecule has 0 aromatic heterocycles. The van der Waals surface area contributed by atoms with E-state index < -0.39 is 21.9 Å². The summed E-state index contributed by atoms with van der Waals surface area (Å²) in [5.74, 6) is -0.804. The molecule has 1 aliphatic rings. The van der Waals surface area contributed by atoms with Crippen molar-refractivity contribution in [3.8, 4) is 0 Å². The van der Waals surface area contributed by atoms with Gasteiger partial charge in [-0.05, 0) is 57.0 Å². The molecule has 2 N–H and O–H groups in total. The molecule has 0 radical (unpaired) electrons. The molecule has 0 unspecified atom stereocenters. The van der Waals surface area contributed by atoms with Crippen molar-refractivity contribution in [1.82, 2.24) is 4.31 Å². The number of nitrogens with one attached hydrogen (secondary N) is 2. The number of nitrogens with zero attached hydrogens (tertiary/aromatic N) is 1. The normalized spacial score (nSPS) is 17.7. The van der Waals surface area contributed by atoms with Gasteiger partial charge in [-0.25, -0.2) is 17.6 Å². The Morgan fingerprint density at radius 1 is 1.15 bits per heavy atom. The summed E-state index contributed by atoms with van der Waals surface area (Å²) in [7, 11) is -3.74. The van der Waals surface area contributed by atoms with E-state index in [1.54, 1.807) is 12.1 Å². The average Bonchev–Trinajstić information content (AvgIpc) is 3.05. The number of rotatable bonds is 4. The number of sulfonamides is 1. The van der Waals surface area contributed by atoms with Crippen LogP contribution in [0.1, 0.15) is 25.3 Å². The third-order valence-electron chi connectivity index (χ3n) is 4.60. The highest BCUT2D eigenvalue weighted by molar-refractivity contribution is 7.89. The fourth-order valence-corrected chi connectivity index (χ4v) is 4.79. The number of anilines is 2. The van der Waals surface area contributed by atoms with Crippen LogP contribution in [0.5, 0.6) is 0 Å². The highest BCUT2D eigenvalue weighted by Gasteiger charge is 2.33. The maximum absolute atomic E-state index is 14.4. The lowest BCUT2D eigenvalue weighted by Gasteiger charge is -2.21. The highest BCUT2D eigenvalue weighted by Crippen LogP contribution is 2.27. The first-order chi connectivity index (χ1) is 12.8. The number of hydrogen-bond acceptors (Lipinski definition) is 3. The van der Waals surface area contributed by atoms with Gasteiger partial charge in [0, 0.05) is 18.3 Å². The fraction of sp³-hybridized carbons (Fsp3) is 0.316. The number of aryl methyl sites for hydroxylation is 1. The topological polar surface area (TPSA) is 78.5 Å². The monoisotopic (exact) mass is 391 g/mol. The molecule has 1 aliphatic heterocycles. The zero-order chi connectivity index (χ0) is 19.6. The molecule has 27 heavy (non-hydrogen) atoms. The Balaban J connectivity index is 1.73. The molecule has 0 spiro atoms. The first-order valence-electron chi connectivity index (χ1n) is 8.73. The molecule has 1 saturated heterocycles. The van der Waals surface area contributed by atoms with Gasteiger partial charge >= 0.3 is 6.03 Å². The Kier molecular flexibility index (Phi) is 5.48. The molecule has 6 nitrogen and oxygen atoms in total. The van der Waals surface area contributed by atoms with Crippen LogP contribution in [0.15, 0.2) is 47.4 Å². The van der Waals surface area contributed by atoms with Gasteiger partial charge in [0.1, 0.15) is 5.82 Å². The standard InChI is InChI=1S/C19H22FN3O3S/c1-13-5-7-15(8-6-13)21-19(24)22-18-10-9-16(12-17(18)20)27(25,26)23-11-3-4-14(23)2/h5-10,12,14H,3-4,11H2,1-2H3,(H2,21,22,24)/t14-/m1/s1. The second-order valence-corrected chi connectivity index (χ2v) is 8.58. The lowest BCUT2D eigenvalue weighted by molar-refractivity contribution is 0.262. The van der Waals surface area contributed by atoms with Gasteiger partial charge in [-0.15, -0.1) is 0 Å². The van der Waals surface area contributed by atoms with Crippen LogP contribution in [0.4, 0.5) is 20.6 Å². The van der Waals surface area contributed by atoms with E-state index in [-0.39, 0.29) is 16.6 Å². The number of halogens is 1. The Morgan fingerprint density at radius 3 is 2.44 bits per heavy atom. The van der Waals surface area contributed by atoms with Crippen molar-refractivity contribution in [3.05, 3.63) is 53.8 Å². The summed E-state index contributed by atoms with van der Waals surface area (Å²) in [6.07, 6.45) is 1.59.